The molecule has 0 bridgehead atoms. The molecule has 0 aromatic rings. The van der Waals surface area contributed by atoms with Crippen molar-refractivity contribution in [1.82, 2.24) is 0 Å². The van der Waals surface area contributed by atoms with Crippen LogP contribution in [0.4, 0.5) is 0 Å². The maximum Gasteiger partial charge on any atom is 0.299 e. The zero-order valence-electron chi connectivity index (χ0n) is 8.37. The summed E-state index contributed by atoms with van der Waals surface area (Å²) in [4.78, 5) is 9.98. The van der Waals surface area contributed by atoms with Crippen molar-refractivity contribution < 1.29 is 9.53 Å². The van der Waals surface area contributed by atoms with E-state index >= 15 is 0 Å². The van der Waals surface area contributed by atoms with E-state index < -0.39 is 0 Å². The zero-order chi connectivity index (χ0) is 11.7. The van der Waals surface area contributed by atoms with E-state index in [0.29, 0.717) is 11.5 Å². The van der Waals surface area contributed by atoms with Crippen LogP contribution < -0.4 is 0 Å². The SMILES string of the molecule is C=C/C=C\C=C(\C)C/C(Cl)=C(/Cl)OC=O. The highest BCUT2D eigenvalue weighted by atomic mass is 35.5. The molecule has 0 amide bonds. The van der Waals surface area contributed by atoms with E-state index in [9.17, 15) is 4.79 Å². The fourth-order valence-corrected chi connectivity index (χ4v) is 1.14. The largest absolute Gasteiger partial charge is 0.415 e. The van der Waals surface area contributed by atoms with Crippen molar-refractivity contribution >= 4 is 29.7 Å². The van der Waals surface area contributed by atoms with Crippen LogP contribution in [0, 0.1) is 0 Å². The molecule has 0 N–H and O–H groups in total. The van der Waals surface area contributed by atoms with Gasteiger partial charge in [-0.2, -0.15) is 0 Å². The van der Waals surface area contributed by atoms with E-state index in [-0.39, 0.29) is 11.7 Å². The highest BCUT2D eigenvalue weighted by Crippen LogP contribution is 2.21. The third kappa shape index (κ3) is 7.00. The Bertz CT molecular complexity index is 315. The highest BCUT2D eigenvalue weighted by Gasteiger charge is 2.03. The van der Waals surface area contributed by atoms with Crippen molar-refractivity contribution in [2.24, 2.45) is 0 Å². The Morgan fingerprint density at radius 2 is 2.07 bits per heavy atom. The second kappa shape index (κ2) is 8.33. The van der Waals surface area contributed by atoms with Crippen LogP contribution in [-0.2, 0) is 9.53 Å². The molecule has 0 aliphatic carbocycles. The zero-order valence-corrected chi connectivity index (χ0v) is 9.89. The molecule has 0 radical (unpaired) electrons. The van der Waals surface area contributed by atoms with Gasteiger partial charge in [0.2, 0.25) is 5.22 Å². The topological polar surface area (TPSA) is 26.3 Å². The number of carbonyl (C=O) groups is 1. The van der Waals surface area contributed by atoms with Crippen LogP contribution in [-0.4, -0.2) is 6.47 Å². The maximum absolute atomic E-state index is 9.98. The first-order valence-corrected chi connectivity index (χ1v) is 4.96. The average Bonchev–Trinajstić information content (AvgIpc) is 2.18. The molecule has 0 spiro atoms. The first kappa shape index (κ1) is 14.0. The molecule has 0 heterocycles. The third-order valence-electron chi connectivity index (χ3n) is 1.43. The molecule has 0 saturated heterocycles. The van der Waals surface area contributed by atoms with Crippen LogP contribution in [0.25, 0.3) is 0 Å². The number of allylic oxidation sites excluding steroid dienone is 6. The average molecular weight is 247 g/mol. The molecule has 4 heteroatoms. The predicted octanol–water partition coefficient (Wildman–Crippen LogP) is 3.88. The molecule has 0 aromatic carbocycles. The van der Waals surface area contributed by atoms with Crippen molar-refractivity contribution in [2.45, 2.75) is 13.3 Å². The van der Waals surface area contributed by atoms with Gasteiger partial charge < -0.3 is 4.74 Å². The Kier molecular flexibility index (Phi) is 7.78. The number of hydrogen-bond donors (Lipinski definition) is 0. The predicted molar refractivity (Wildman–Crippen MR) is 63.6 cm³/mol. The molecule has 0 saturated carbocycles. The minimum absolute atomic E-state index is 0.0906. The fourth-order valence-electron chi connectivity index (χ4n) is 0.778. The van der Waals surface area contributed by atoms with Crippen molar-refractivity contribution in [3.8, 4) is 0 Å². The second-order valence-electron chi connectivity index (χ2n) is 2.70. The van der Waals surface area contributed by atoms with E-state index in [1.807, 2.05) is 19.1 Å². The lowest BCUT2D eigenvalue weighted by Crippen LogP contribution is -1.86. The van der Waals surface area contributed by atoms with Crippen LogP contribution in [0.1, 0.15) is 13.3 Å². The number of ether oxygens (including phenoxy) is 1. The number of rotatable bonds is 6. The lowest BCUT2D eigenvalue weighted by molar-refractivity contribution is -0.124. The molecular formula is C11H12Cl2O2. The van der Waals surface area contributed by atoms with Crippen molar-refractivity contribution in [2.75, 3.05) is 0 Å². The first-order valence-electron chi connectivity index (χ1n) is 4.21. The Morgan fingerprint density at radius 3 is 2.60 bits per heavy atom. The monoisotopic (exact) mass is 246 g/mol. The van der Waals surface area contributed by atoms with Gasteiger partial charge in [-0.3, -0.25) is 4.79 Å². The van der Waals surface area contributed by atoms with Gasteiger partial charge in [0.25, 0.3) is 6.47 Å². The Balaban J connectivity index is 4.39. The third-order valence-corrected chi connectivity index (χ3v) is 2.15. The molecule has 0 rings (SSSR count). The molecular weight excluding hydrogens is 235 g/mol. The Labute approximate surface area is 99.5 Å². The van der Waals surface area contributed by atoms with Crippen molar-refractivity contribution in [3.63, 3.8) is 0 Å². The molecule has 0 aliphatic rings. The van der Waals surface area contributed by atoms with E-state index in [4.69, 9.17) is 23.2 Å². The van der Waals surface area contributed by atoms with Crippen LogP contribution in [0.3, 0.4) is 0 Å². The number of halogens is 2. The summed E-state index contributed by atoms with van der Waals surface area (Å²) in [5.41, 5.74) is 0.991. The molecule has 0 fully saturated rings. The first-order chi connectivity index (χ1) is 7.11. The van der Waals surface area contributed by atoms with Crippen LogP contribution in [0.2, 0.25) is 0 Å². The lowest BCUT2D eigenvalue weighted by atomic mass is 10.2. The van der Waals surface area contributed by atoms with Gasteiger partial charge in [-0.05, 0) is 18.5 Å². The minimum Gasteiger partial charge on any atom is -0.415 e. The van der Waals surface area contributed by atoms with Gasteiger partial charge in [0.1, 0.15) is 0 Å². The Morgan fingerprint density at radius 1 is 1.40 bits per heavy atom. The van der Waals surface area contributed by atoms with E-state index in [1.54, 1.807) is 12.2 Å². The second-order valence-corrected chi connectivity index (χ2v) is 3.50. The van der Waals surface area contributed by atoms with Crippen LogP contribution in [0.15, 0.2) is 46.7 Å². The summed E-state index contributed by atoms with van der Waals surface area (Å²) < 4.78 is 4.40. The molecule has 2 nitrogen and oxygen atoms in total. The van der Waals surface area contributed by atoms with Gasteiger partial charge in [-0.1, -0.05) is 48.1 Å². The molecule has 0 unspecified atom stereocenters. The number of carbonyl (C=O) groups excluding carboxylic acids is 1. The van der Waals surface area contributed by atoms with Crippen molar-refractivity contribution in [3.05, 3.63) is 46.7 Å². The molecule has 0 atom stereocenters. The highest BCUT2D eigenvalue weighted by molar-refractivity contribution is 6.38. The minimum atomic E-state index is -0.0906. The standard InChI is InChI=1S/C11H12Cl2O2/c1-3-4-5-6-9(2)7-10(12)11(13)15-8-14/h3-6,8H,1,7H2,2H3/b5-4-,9-6-,11-10+. The summed E-state index contributed by atoms with van der Waals surface area (Å²) in [5, 5.41) is 0.205. The smallest absolute Gasteiger partial charge is 0.299 e. The molecule has 15 heavy (non-hydrogen) atoms. The summed E-state index contributed by atoms with van der Waals surface area (Å²) in [6.07, 6.45) is 7.61. The fraction of sp³-hybridized carbons (Fsp3) is 0.182. The van der Waals surface area contributed by atoms with Gasteiger partial charge in [0.05, 0.1) is 5.03 Å². The summed E-state index contributed by atoms with van der Waals surface area (Å²) in [6, 6.07) is 0. The van der Waals surface area contributed by atoms with E-state index in [0.717, 1.165) is 5.57 Å². The Hall–Kier alpha value is -0.990. The number of hydrogen-bond acceptors (Lipinski definition) is 2. The van der Waals surface area contributed by atoms with Gasteiger partial charge in [0.15, 0.2) is 0 Å². The van der Waals surface area contributed by atoms with Crippen LogP contribution >= 0.6 is 23.2 Å². The molecule has 82 valence electrons. The summed E-state index contributed by atoms with van der Waals surface area (Å²) in [6.45, 7) is 5.67. The molecule has 0 aromatic heterocycles. The lowest BCUT2D eigenvalue weighted by Gasteiger charge is -2.01. The van der Waals surface area contributed by atoms with Gasteiger partial charge >= 0.3 is 0 Å². The summed E-state index contributed by atoms with van der Waals surface area (Å²) in [5.74, 6) is 0. The van der Waals surface area contributed by atoms with Crippen LogP contribution in [0.5, 0.6) is 0 Å². The quantitative estimate of drug-likeness (QED) is 0.404. The summed E-state index contributed by atoms with van der Waals surface area (Å²) in [7, 11) is 0. The van der Waals surface area contributed by atoms with E-state index in [2.05, 4.69) is 11.3 Å². The normalized spacial score (nSPS) is 13.7. The van der Waals surface area contributed by atoms with Crippen molar-refractivity contribution in [1.29, 1.82) is 0 Å². The maximum atomic E-state index is 9.98. The van der Waals surface area contributed by atoms with E-state index in [1.165, 1.54) is 0 Å². The summed E-state index contributed by atoms with van der Waals surface area (Å²) >= 11 is 11.4. The molecule has 0 aliphatic heterocycles. The van der Waals surface area contributed by atoms with Gasteiger partial charge in [-0.15, -0.1) is 0 Å². The van der Waals surface area contributed by atoms with Gasteiger partial charge in [0, 0.05) is 6.42 Å². The van der Waals surface area contributed by atoms with Gasteiger partial charge in [-0.25, -0.2) is 0 Å².